The maximum Gasteiger partial charge on any atom is 0.265 e. The first-order chi connectivity index (χ1) is 9.54. The molecule has 4 atom stereocenters. The highest BCUT2D eigenvalue weighted by Crippen LogP contribution is 2.28. The zero-order valence-corrected chi connectivity index (χ0v) is 10.6. The molecule has 1 saturated heterocycles. The van der Waals surface area contributed by atoms with Crippen molar-refractivity contribution in [3.63, 3.8) is 0 Å². The van der Waals surface area contributed by atoms with Crippen LogP contribution in [0.1, 0.15) is 11.9 Å². The van der Waals surface area contributed by atoms with E-state index in [-0.39, 0.29) is 0 Å². The van der Waals surface area contributed by atoms with Crippen LogP contribution in [0.15, 0.2) is 21.6 Å². The number of aliphatic hydroxyl groups is 3. The smallest absolute Gasteiger partial charge is 0.265 e. The van der Waals surface area contributed by atoms with E-state index >= 15 is 0 Å². The molecule has 1 aliphatic heterocycles. The normalized spacial score (nSPS) is 30.2. The molecular weight excluding hydrogens is 268 g/mol. The molecule has 2 aromatic heterocycles. The predicted molar refractivity (Wildman–Crippen MR) is 66.0 cm³/mol. The van der Waals surface area contributed by atoms with Crippen molar-refractivity contribution in [3.8, 4) is 0 Å². The fourth-order valence-electron chi connectivity index (χ4n) is 2.42. The van der Waals surface area contributed by atoms with E-state index in [4.69, 9.17) is 14.4 Å². The van der Waals surface area contributed by atoms with Crippen LogP contribution >= 0.6 is 0 Å². The summed E-state index contributed by atoms with van der Waals surface area (Å²) in [6.07, 6.45) is -3.15. The highest BCUT2D eigenvalue weighted by molar-refractivity contribution is 5.77. The van der Waals surface area contributed by atoms with Crippen LogP contribution in [0, 0.1) is 6.92 Å². The van der Waals surface area contributed by atoms with Gasteiger partial charge >= 0.3 is 0 Å². The Morgan fingerprint density at radius 1 is 1.40 bits per heavy atom. The third kappa shape index (κ3) is 1.77. The number of ether oxygens (including phenoxy) is 1. The summed E-state index contributed by atoms with van der Waals surface area (Å²) in [5, 5.41) is 32.7. The number of aryl methyl sites for hydroxylation is 1. The quantitative estimate of drug-likeness (QED) is 0.640. The van der Waals surface area contributed by atoms with Gasteiger partial charge in [-0.15, -0.1) is 0 Å². The molecule has 0 saturated carbocycles. The van der Waals surface area contributed by atoms with Crippen molar-refractivity contribution in [2.45, 2.75) is 31.5 Å². The maximum absolute atomic E-state index is 12.4. The van der Waals surface area contributed by atoms with Crippen molar-refractivity contribution in [2.24, 2.45) is 0 Å². The molecule has 3 rings (SSSR count). The molecule has 0 aromatic carbocycles. The molecule has 3 N–H and O–H groups in total. The largest absolute Gasteiger partial charge is 0.394 e. The van der Waals surface area contributed by atoms with Gasteiger partial charge in [0.2, 0.25) is 0 Å². The lowest BCUT2D eigenvalue weighted by Gasteiger charge is -2.17. The molecule has 1 aliphatic rings. The summed E-state index contributed by atoms with van der Waals surface area (Å²) < 4.78 is 11.5. The first-order valence-corrected chi connectivity index (χ1v) is 6.14. The lowest BCUT2D eigenvalue weighted by atomic mass is 10.1. The number of aromatic nitrogens is 2. The SMILES string of the molecule is Cc1noc2ccn([C@@H]3O[C@H](CO)[C@@H](O)[C@@H]3O)c(=O)c12. The van der Waals surface area contributed by atoms with Gasteiger partial charge in [0.1, 0.15) is 23.7 Å². The summed E-state index contributed by atoms with van der Waals surface area (Å²) in [6.45, 7) is 1.19. The summed E-state index contributed by atoms with van der Waals surface area (Å²) in [4.78, 5) is 12.4. The maximum atomic E-state index is 12.4. The van der Waals surface area contributed by atoms with Gasteiger partial charge in [0.15, 0.2) is 11.8 Å². The number of hydrogen-bond donors (Lipinski definition) is 3. The minimum Gasteiger partial charge on any atom is -0.394 e. The van der Waals surface area contributed by atoms with Crippen molar-refractivity contribution < 1.29 is 24.6 Å². The summed E-state index contributed by atoms with van der Waals surface area (Å²) in [5.74, 6) is 0. The number of nitrogens with zero attached hydrogens (tertiary/aromatic N) is 2. The molecule has 108 valence electrons. The summed E-state index contributed by atoms with van der Waals surface area (Å²) >= 11 is 0. The van der Waals surface area contributed by atoms with Crippen molar-refractivity contribution >= 4 is 11.0 Å². The molecular formula is C12H14N2O6. The minimum absolute atomic E-state index is 0.297. The molecule has 8 nitrogen and oxygen atoms in total. The van der Waals surface area contributed by atoms with Crippen LogP contribution in [0.25, 0.3) is 11.0 Å². The molecule has 2 aromatic rings. The molecule has 0 unspecified atom stereocenters. The summed E-state index contributed by atoms with van der Waals surface area (Å²) in [5.41, 5.74) is 0.345. The first-order valence-electron chi connectivity index (χ1n) is 6.14. The topological polar surface area (TPSA) is 118 Å². The second-order valence-corrected chi connectivity index (χ2v) is 4.76. The molecule has 1 fully saturated rings. The van der Waals surface area contributed by atoms with Gasteiger partial charge in [-0.05, 0) is 6.92 Å². The van der Waals surface area contributed by atoms with Crippen LogP contribution in [-0.2, 0) is 4.74 Å². The Labute approximate surface area is 112 Å². The van der Waals surface area contributed by atoms with Gasteiger partial charge in [0, 0.05) is 12.3 Å². The van der Waals surface area contributed by atoms with Gasteiger partial charge in [-0.2, -0.15) is 0 Å². The van der Waals surface area contributed by atoms with Crippen molar-refractivity contribution in [1.29, 1.82) is 0 Å². The number of hydrogen-bond acceptors (Lipinski definition) is 7. The molecule has 0 spiro atoms. The molecule has 8 heteroatoms. The van der Waals surface area contributed by atoms with E-state index in [1.54, 1.807) is 6.92 Å². The average Bonchev–Trinajstić information content (AvgIpc) is 2.94. The lowest BCUT2D eigenvalue weighted by Crippen LogP contribution is -2.35. The van der Waals surface area contributed by atoms with Crippen molar-refractivity contribution in [3.05, 3.63) is 28.3 Å². The molecule has 0 radical (unpaired) electrons. The van der Waals surface area contributed by atoms with E-state index in [1.165, 1.54) is 12.3 Å². The Kier molecular flexibility index (Phi) is 3.09. The van der Waals surface area contributed by atoms with E-state index in [0.29, 0.717) is 16.7 Å². The van der Waals surface area contributed by atoms with E-state index in [0.717, 1.165) is 4.57 Å². The highest BCUT2D eigenvalue weighted by Gasteiger charge is 2.43. The van der Waals surface area contributed by atoms with E-state index < -0.39 is 36.7 Å². The van der Waals surface area contributed by atoms with E-state index in [1.807, 2.05) is 0 Å². The Bertz CT molecular complexity index is 693. The zero-order chi connectivity index (χ0) is 14.4. The number of rotatable bonds is 2. The number of pyridine rings is 1. The average molecular weight is 282 g/mol. The standard InChI is InChI=1S/C12H14N2O6/c1-5-8-6(20-13-5)2-3-14(11(8)18)12-10(17)9(16)7(4-15)19-12/h2-3,7,9-10,12,15-17H,4H2,1H3/t7-,9-,10+,12-/m1/s1. The van der Waals surface area contributed by atoms with Crippen LogP contribution < -0.4 is 5.56 Å². The van der Waals surface area contributed by atoms with Gasteiger partial charge < -0.3 is 24.6 Å². The third-order valence-corrected chi connectivity index (χ3v) is 3.52. The molecule has 0 bridgehead atoms. The highest BCUT2D eigenvalue weighted by atomic mass is 16.6. The Morgan fingerprint density at radius 3 is 2.80 bits per heavy atom. The first kappa shape index (κ1) is 13.3. The predicted octanol–water partition coefficient (Wildman–Crippen LogP) is -1.09. The second kappa shape index (κ2) is 4.67. The van der Waals surface area contributed by atoms with Crippen LogP contribution in [0.3, 0.4) is 0 Å². The van der Waals surface area contributed by atoms with Crippen LogP contribution in [0.5, 0.6) is 0 Å². The Balaban J connectivity index is 2.09. The summed E-state index contributed by atoms with van der Waals surface area (Å²) in [7, 11) is 0. The van der Waals surface area contributed by atoms with E-state index in [9.17, 15) is 15.0 Å². The molecule has 3 heterocycles. The van der Waals surface area contributed by atoms with Crippen LogP contribution in [-0.4, -0.2) is 50.0 Å². The van der Waals surface area contributed by atoms with Gasteiger partial charge in [-0.3, -0.25) is 9.36 Å². The van der Waals surface area contributed by atoms with Crippen LogP contribution in [0.2, 0.25) is 0 Å². The Hall–Kier alpha value is -1.74. The van der Waals surface area contributed by atoms with Gasteiger partial charge in [0.05, 0.1) is 12.3 Å². The van der Waals surface area contributed by atoms with Crippen molar-refractivity contribution in [2.75, 3.05) is 6.61 Å². The Morgan fingerprint density at radius 2 is 2.15 bits per heavy atom. The zero-order valence-electron chi connectivity index (χ0n) is 10.6. The van der Waals surface area contributed by atoms with Gasteiger partial charge in [0.25, 0.3) is 5.56 Å². The molecule has 0 aliphatic carbocycles. The fraction of sp³-hybridized carbons (Fsp3) is 0.500. The minimum atomic E-state index is -1.30. The summed E-state index contributed by atoms with van der Waals surface area (Å²) in [6, 6.07) is 1.53. The monoisotopic (exact) mass is 282 g/mol. The molecule has 20 heavy (non-hydrogen) atoms. The number of aliphatic hydroxyl groups excluding tert-OH is 3. The number of fused-ring (bicyclic) bond motifs is 1. The van der Waals surface area contributed by atoms with Gasteiger partial charge in [-0.1, -0.05) is 5.16 Å². The van der Waals surface area contributed by atoms with Gasteiger partial charge in [-0.25, -0.2) is 0 Å². The van der Waals surface area contributed by atoms with E-state index in [2.05, 4.69) is 5.16 Å². The molecule has 0 amide bonds. The fourth-order valence-corrected chi connectivity index (χ4v) is 2.42. The second-order valence-electron chi connectivity index (χ2n) is 4.76. The van der Waals surface area contributed by atoms with Crippen molar-refractivity contribution in [1.82, 2.24) is 9.72 Å². The lowest BCUT2D eigenvalue weighted by molar-refractivity contribution is -0.0541. The third-order valence-electron chi connectivity index (χ3n) is 3.52. The van der Waals surface area contributed by atoms with Crippen LogP contribution in [0.4, 0.5) is 0 Å².